The van der Waals surface area contributed by atoms with Crippen LogP contribution in [-0.4, -0.2) is 59.4 Å². The Kier molecular flexibility index (Phi) is 7.43. The number of hydrogen-bond donors (Lipinski definition) is 1. The number of carbonyl (C=O) groups excluding carboxylic acids is 3. The van der Waals surface area contributed by atoms with E-state index in [2.05, 4.69) is 17.1 Å². The summed E-state index contributed by atoms with van der Waals surface area (Å²) in [7, 11) is 0. The Bertz CT molecular complexity index is 1080. The molecule has 7 nitrogen and oxygen atoms in total. The van der Waals surface area contributed by atoms with Crippen LogP contribution < -0.4 is 10.2 Å². The van der Waals surface area contributed by atoms with Crippen LogP contribution in [0.25, 0.3) is 0 Å². The highest BCUT2D eigenvalue weighted by atomic mass is 16.2. The molecular weight excluding hydrogens is 440 g/mol. The van der Waals surface area contributed by atoms with Crippen LogP contribution in [0.1, 0.15) is 50.2 Å². The lowest BCUT2D eigenvalue weighted by Crippen LogP contribution is -2.57. The van der Waals surface area contributed by atoms with E-state index in [-0.39, 0.29) is 24.3 Å². The molecule has 0 aliphatic carbocycles. The number of para-hydroxylation sites is 1. The van der Waals surface area contributed by atoms with E-state index in [1.807, 2.05) is 67.3 Å². The first-order chi connectivity index (χ1) is 16.8. The first kappa shape index (κ1) is 24.8. The Morgan fingerprint density at radius 1 is 1.00 bits per heavy atom. The molecule has 0 aromatic heterocycles. The number of anilines is 2. The van der Waals surface area contributed by atoms with Gasteiger partial charge in [-0.15, -0.1) is 0 Å². The lowest BCUT2D eigenvalue weighted by Gasteiger charge is -2.43. The van der Waals surface area contributed by atoms with Crippen LogP contribution in [0.3, 0.4) is 0 Å². The Balaban J connectivity index is 1.50. The molecule has 1 spiro atoms. The molecular formula is C28H36N4O3. The van der Waals surface area contributed by atoms with Crippen molar-refractivity contribution in [2.75, 3.05) is 36.5 Å². The van der Waals surface area contributed by atoms with Gasteiger partial charge in [-0.25, -0.2) is 0 Å². The minimum Gasteiger partial charge on any atom is -0.342 e. The van der Waals surface area contributed by atoms with Crippen molar-refractivity contribution < 1.29 is 14.4 Å². The van der Waals surface area contributed by atoms with Crippen molar-refractivity contribution in [2.45, 2.75) is 58.4 Å². The number of piperidine rings is 1. The lowest BCUT2D eigenvalue weighted by atomic mass is 9.85. The topological polar surface area (TPSA) is 73.0 Å². The molecule has 2 aliphatic rings. The summed E-state index contributed by atoms with van der Waals surface area (Å²) in [5.74, 6) is -0.0703. The zero-order valence-corrected chi connectivity index (χ0v) is 21.0. The zero-order chi connectivity index (χ0) is 25.0. The number of amides is 3. The maximum Gasteiger partial charge on any atom is 0.250 e. The van der Waals surface area contributed by atoms with Gasteiger partial charge >= 0.3 is 0 Å². The molecule has 2 heterocycles. The number of hydrogen-bond acceptors (Lipinski definition) is 4. The maximum atomic E-state index is 13.8. The lowest BCUT2D eigenvalue weighted by molar-refractivity contribution is -0.139. The summed E-state index contributed by atoms with van der Waals surface area (Å²) in [5, 5.41) is 2.94. The van der Waals surface area contributed by atoms with Crippen molar-refractivity contribution in [1.82, 2.24) is 9.80 Å². The average molecular weight is 477 g/mol. The number of nitrogens with zero attached hydrogens (tertiary/aromatic N) is 3. The van der Waals surface area contributed by atoms with Gasteiger partial charge in [-0.05, 0) is 68.5 Å². The molecule has 2 aliphatic heterocycles. The van der Waals surface area contributed by atoms with Crippen LogP contribution in [0.15, 0.2) is 48.5 Å². The second-order valence-corrected chi connectivity index (χ2v) is 9.77. The van der Waals surface area contributed by atoms with Crippen LogP contribution in [0.5, 0.6) is 0 Å². The highest BCUT2D eigenvalue weighted by Crippen LogP contribution is 2.39. The van der Waals surface area contributed by atoms with Gasteiger partial charge in [-0.2, -0.15) is 0 Å². The zero-order valence-electron chi connectivity index (χ0n) is 21.0. The predicted octanol–water partition coefficient (Wildman–Crippen LogP) is 4.10. The monoisotopic (exact) mass is 476 g/mol. The summed E-state index contributed by atoms with van der Waals surface area (Å²) in [5.41, 5.74) is 3.23. The van der Waals surface area contributed by atoms with E-state index in [0.717, 1.165) is 35.3 Å². The van der Waals surface area contributed by atoms with Gasteiger partial charge in [0.1, 0.15) is 12.1 Å². The van der Waals surface area contributed by atoms with Gasteiger partial charge in [0.05, 0.1) is 6.67 Å². The van der Waals surface area contributed by atoms with Crippen molar-refractivity contribution in [3.63, 3.8) is 0 Å². The fourth-order valence-electron chi connectivity index (χ4n) is 5.13. The number of unbranched alkanes of at least 4 members (excludes halogenated alkanes) is 1. The highest BCUT2D eigenvalue weighted by Gasteiger charge is 2.54. The largest absolute Gasteiger partial charge is 0.342 e. The minimum atomic E-state index is -0.733. The number of benzene rings is 2. The summed E-state index contributed by atoms with van der Waals surface area (Å²) in [6.07, 6.45) is 3.56. The van der Waals surface area contributed by atoms with E-state index in [1.54, 1.807) is 4.90 Å². The normalized spacial score (nSPS) is 17.2. The Morgan fingerprint density at radius 3 is 2.37 bits per heavy atom. The summed E-state index contributed by atoms with van der Waals surface area (Å²) in [4.78, 5) is 45.0. The summed E-state index contributed by atoms with van der Waals surface area (Å²) >= 11 is 0. The third-order valence-corrected chi connectivity index (χ3v) is 7.39. The van der Waals surface area contributed by atoms with Crippen LogP contribution in [0.2, 0.25) is 0 Å². The van der Waals surface area contributed by atoms with Gasteiger partial charge in [-0.1, -0.05) is 37.6 Å². The number of likely N-dealkylation sites (tertiary alicyclic amines) is 1. The van der Waals surface area contributed by atoms with Gasteiger partial charge in [0.25, 0.3) is 5.91 Å². The number of nitrogens with one attached hydrogen (secondary N) is 1. The highest BCUT2D eigenvalue weighted by molar-refractivity contribution is 5.99. The average Bonchev–Trinajstić information content (AvgIpc) is 3.11. The third-order valence-electron chi connectivity index (χ3n) is 7.39. The van der Waals surface area contributed by atoms with Crippen LogP contribution >= 0.6 is 0 Å². The number of aryl methyl sites for hydroxylation is 2. The van der Waals surface area contributed by atoms with Crippen molar-refractivity contribution in [3.05, 3.63) is 59.7 Å². The molecule has 2 aromatic carbocycles. The number of rotatable bonds is 7. The van der Waals surface area contributed by atoms with E-state index >= 15 is 0 Å². The second kappa shape index (κ2) is 10.5. The molecule has 7 heteroatoms. The second-order valence-electron chi connectivity index (χ2n) is 9.77. The van der Waals surface area contributed by atoms with Crippen molar-refractivity contribution >= 4 is 29.1 Å². The Labute approximate surface area is 208 Å². The van der Waals surface area contributed by atoms with Gasteiger partial charge in [0, 0.05) is 30.9 Å². The van der Waals surface area contributed by atoms with Crippen LogP contribution in [0, 0.1) is 13.8 Å². The van der Waals surface area contributed by atoms with E-state index in [0.29, 0.717) is 39.0 Å². The molecule has 4 rings (SSSR count). The third kappa shape index (κ3) is 5.19. The molecule has 1 N–H and O–H groups in total. The van der Waals surface area contributed by atoms with Crippen LogP contribution in [0.4, 0.5) is 11.4 Å². The molecule has 0 unspecified atom stereocenters. The van der Waals surface area contributed by atoms with Gasteiger partial charge in [-0.3, -0.25) is 14.4 Å². The fourth-order valence-corrected chi connectivity index (χ4v) is 5.13. The van der Waals surface area contributed by atoms with E-state index in [1.165, 1.54) is 0 Å². The van der Waals surface area contributed by atoms with Crippen molar-refractivity contribution in [3.8, 4) is 0 Å². The van der Waals surface area contributed by atoms with E-state index in [4.69, 9.17) is 0 Å². The maximum absolute atomic E-state index is 13.8. The Hall–Kier alpha value is -3.35. The molecule has 186 valence electrons. The van der Waals surface area contributed by atoms with Gasteiger partial charge < -0.3 is 20.0 Å². The quantitative estimate of drug-likeness (QED) is 0.653. The van der Waals surface area contributed by atoms with E-state index < -0.39 is 5.54 Å². The molecule has 3 amide bonds. The van der Waals surface area contributed by atoms with Gasteiger partial charge in [0.15, 0.2) is 0 Å². The van der Waals surface area contributed by atoms with E-state index in [9.17, 15) is 14.4 Å². The summed E-state index contributed by atoms with van der Waals surface area (Å²) in [6.45, 7) is 7.58. The minimum absolute atomic E-state index is 0.00398. The fraction of sp³-hybridized carbons (Fsp3) is 0.464. The standard InChI is InChI=1S/C28H36N4O3/c1-4-5-11-26(34)30-16-14-28(15-17-30)27(35)31(20-32(28)24-9-7-6-8-10-24)19-25(33)29-23-13-12-21(2)22(3)18-23/h6-10,12-13,18H,4-5,11,14-17,19-20H2,1-3H3,(H,29,33). The van der Waals surface area contributed by atoms with Gasteiger partial charge in [0.2, 0.25) is 11.8 Å². The smallest absolute Gasteiger partial charge is 0.250 e. The SMILES string of the molecule is CCCCC(=O)N1CCC2(CC1)C(=O)N(CC(=O)Nc1ccc(C)c(C)c1)CN2c1ccccc1. The van der Waals surface area contributed by atoms with Crippen molar-refractivity contribution in [1.29, 1.82) is 0 Å². The molecule has 0 atom stereocenters. The number of carbonyl (C=O) groups is 3. The Morgan fingerprint density at radius 2 is 1.71 bits per heavy atom. The molecule has 0 bridgehead atoms. The van der Waals surface area contributed by atoms with Crippen LogP contribution in [-0.2, 0) is 14.4 Å². The molecule has 0 radical (unpaired) electrons. The predicted molar refractivity (Wildman–Crippen MR) is 138 cm³/mol. The molecule has 2 saturated heterocycles. The molecule has 0 saturated carbocycles. The molecule has 2 aromatic rings. The first-order valence-corrected chi connectivity index (χ1v) is 12.6. The summed E-state index contributed by atoms with van der Waals surface area (Å²) in [6, 6.07) is 15.7. The first-order valence-electron chi connectivity index (χ1n) is 12.6. The van der Waals surface area contributed by atoms with Crippen molar-refractivity contribution in [2.24, 2.45) is 0 Å². The summed E-state index contributed by atoms with van der Waals surface area (Å²) < 4.78 is 0. The molecule has 35 heavy (non-hydrogen) atoms. The molecule has 2 fully saturated rings.